The number of anilines is 2. The number of piperidine rings is 1. The molecule has 1 aliphatic rings. The predicted molar refractivity (Wildman–Crippen MR) is 107 cm³/mol. The van der Waals surface area contributed by atoms with Crippen molar-refractivity contribution in [2.24, 2.45) is 13.0 Å². The van der Waals surface area contributed by atoms with Gasteiger partial charge in [-0.3, -0.25) is 9.59 Å². The maximum Gasteiger partial charge on any atom is 0.268 e. The van der Waals surface area contributed by atoms with Crippen LogP contribution in [0.25, 0.3) is 0 Å². The third kappa shape index (κ3) is 4.82. The van der Waals surface area contributed by atoms with Gasteiger partial charge >= 0.3 is 0 Å². The molecule has 0 radical (unpaired) electrons. The second-order valence-corrected chi connectivity index (χ2v) is 6.98. The van der Waals surface area contributed by atoms with Crippen LogP contribution in [-0.2, 0) is 11.8 Å². The summed E-state index contributed by atoms with van der Waals surface area (Å²) in [5.41, 5.74) is 1.32. The van der Waals surface area contributed by atoms with Gasteiger partial charge in [-0.25, -0.2) is 4.68 Å². The van der Waals surface area contributed by atoms with Crippen LogP contribution in [-0.4, -0.2) is 43.0 Å². The van der Waals surface area contributed by atoms with Gasteiger partial charge in [0.15, 0.2) is 0 Å². The Morgan fingerprint density at radius 2 is 1.93 bits per heavy atom. The van der Waals surface area contributed by atoms with E-state index in [1.165, 1.54) is 4.68 Å². The number of nitrogens with one attached hydrogen (secondary N) is 1. The Balaban J connectivity index is 1.62. The molecule has 28 heavy (non-hydrogen) atoms. The number of ether oxygens (including phenoxy) is 2. The molecule has 1 aromatic heterocycles. The topological polar surface area (TPSA) is 85.7 Å². The lowest BCUT2D eigenvalue weighted by Gasteiger charge is -2.33. The number of benzene rings is 1. The second kappa shape index (κ2) is 8.77. The van der Waals surface area contributed by atoms with Gasteiger partial charge in [-0.15, -0.1) is 0 Å². The molecule has 2 heterocycles. The van der Waals surface area contributed by atoms with E-state index in [2.05, 4.69) is 15.3 Å². The fraction of sp³-hybridized carbons (Fsp3) is 0.450. The number of amides is 1. The van der Waals surface area contributed by atoms with E-state index in [9.17, 15) is 9.59 Å². The van der Waals surface area contributed by atoms with E-state index in [1.54, 1.807) is 51.7 Å². The maximum absolute atomic E-state index is 12.5. The zero-order valence-electron chi connectivity index (χ0n) is 16.5. The van der Waals surface area contributed by atoms with Crippen LogP contribution >= 0.6 is 0 Å². The number of carbonyl (C=O) groups excluding carboxylic acids is 1. The van der Waals surface area contributed by atoms with Gasteiger partial charge < -0.3 is 19.7 Å². The molecular weight excluding hydrogens is 360 g/mol. The number of rotatable bonds is 6. The Hall–Kier alpha value is -3.03. The number of hydrogen-bond acceptors (Lipinski definition) is 6. The van der Waals surface area contributed by atoms with Gasteiger partial charge in [0.2, 0.25) is 5.91 Å². The smallest absolute Gasteiger partial charge is 0.268 e. The van der Waals surface area contributed by atoms with Gasteiger partial charge in [-0.05, 0) is 18.8 Å². The number of carbonyl (C=O) groups is 1. The van der Waals surface area contributed by atoms with Crippen molar-refractivity contribution >= 4 is 17.3 Å². The first kappa shape index (κ1) is 19.7. The van der Waals surface area contributed by atoms with E-state index >= 15 is 0 Å². The Labute approximate surface area is 164 Å². The summed E-state index contributed by atoms with van der Waals surface area (Å²) >= 11 is 0. The fourth-order valence-electron chi connectivity index (χ4n) is 3.45. The van der Waals surface area contributed by atoms with Gasteiger partial charge in [0.1, 0.15) is 11.5 Å². The van der Waals surface area contributed by atoms with E-state index in [1.807, 2.05) is 0 Å². The molecule has 1 atom stereocenters. The van der Waals surface area contributed by atoms with E-state index in [0.717, 1.165) is 31.6 Å². The molecule has 1 amide bonds. The van der Waals surface area contributed by atoms with Crippen LogP contribution in [0.2, 0.25) is 0 Å². The highest BCUT2D eigenvalue weighted by molar-refractivity contribution is 5.91. The molecule has 8 nitrogen and oxygen atoms in total. The molecule has 1 N–H and O–H groups in total. The predicted octanol–water partition coefficient (Wildman–Crippen LogP) is 2.04. The number of methoxy groups -OCH3 is 2. The Kier molecular flexibility index (Phi) is 6.18. The third-order valence-corrected chi connectivity index (χ3v) is 4.95. The number of aryl methyl sites for hydroxylation is 1. The maximum atomic E-state index is 12.5. The van der Waals surface area contributed by atoms with Crippen molar-refractivity contribution in [2.75, 3.05) is 37.5 Å². The molecule has 1 aliphatic heterocycles. The first-order chi connectivity index (χ1) is 13.5. The molecular formula is C20H26N4O4. The highest BCUT2D eigenvalue weighted by Gasteiger charge is 2.23. The second-order valence-electron chi connectivity index (χ2n) is 6.98. The molecule has 150 valence electrons. The number of hydrogen-bond donors (Lipinski definition) is 1. The van der Waals surface area contributed by atoms with Crippen LogP contribution < -0.4 is 25.2 Å². The standard InChI is InChI=1S/C20H26N4O4/c1-23-20(26)10-16(12-21-23)24-6-4-5-14(13-24)7-19(25)22-15-8-17(27-2)11-18(9-15)28-3/h8-12,14H,4-7,13H2,1-3H3,(H,22,25). The third-order valence-electron chi connectivity index (χ3n) is 4.95. The SMILES string of the molecule is COc1cc(NC(=O)CC2CCCN(c3cnn(C)c(=O)c3)C2)cc(OC)c1. The Bertz CT molecular complexity index is 874. The van der Waals surface area contributed by atoms with Crippen molar-refractivity contribution in [1.29, 1.82) is 0 Å². The molecule has 8 heteroatoms. The summed E-state index contributed by atoms with van der Waals surface area (Å²) in [7, 11) is 4.77. The molecule has 1 unspecified atom stereocenters. The minimum absolute atomic E-state index is 0.0516. The van der Waals surface area contributed by atoms with Crippen molar-refractivity contribution in [1.82, 2.24) is 9.78 Å². The molecule has 1 saturated heterocycles. The first-order valence-corrected chi connectivity index (χ1v) is 9.29. The molecule has 0 aliphatic carbocycles. The van der Waals surface area contributed by atoms with Crippen LogP contribution in [0, 0.1) is 5.92 Å². The van der Waals surface area contributed by atoms with Gasteiger partial charge in [-0.2, -0.15) is 5.10 Å². The van der Waals surface area contributed by atoms with E-state index in [0.29, 0.717) is 23.6 Å². The van der Waals surface area contributed by atoms with Crippen LogP contribution in [0.1, 0.15) is 19.3 Å². The zero-order valence-corrected chi connectivity index (χ0v) is 16.5. The van der Waals surface area contributed by atoms with Gasteiger partial charge in [0.05, 0.1) is 26.1 Å². The normalized spacial score (nSPS) is 16.5. The van der Waals surface area contributed by atoms with Crippen LogP contribution in [0.4, 0.5) is 11.4 Å². The van der Waals surface area contributed by atoms with Crippen LogP contribution in [0.15, 0.2) is 35.3 Å². The summed E-state index contributed by atoms with van der Waals surface area (Å²) in [6.45, 7) is 1.59. The fourth-order valence-corrected chi connectivity index (χ4v) is 3.45. The lowest BCUT2D eigenvalue weighted by molar-refractivity contribution is -0.117. The molecule has 1 aromatic carbocycles. The highest BCUT2D eigenvalue weighted by atomic mass is 16.5. The van der Waals surface area contributed by atoms with Crippen LogP contribution in [0.5, 0.6) is 11.5 Å². The van der Waals surface area contributed by atoms with Crippen molar-refractivity contribution in [3.63, 3.8) is 0 Å². The van der Waals surface area contributed by atoms with Gasteiger partial charge in [0, 0.05) is 56.5 Å². The van der Waals surface area contributed by atoms with E-state index in [4.69, 9.17) is 9.47 Å². The van der Waals surface area contributed by atoms with Crippen molar-refractivity contribution in [3.05, 3.63) is 40.8 Å². The summed E-state index contributed by atoms with van der Waals surface area (Å²) in [6.07, 6.45) is 4.06. The quantitative estimate of drug-likeness (QED) is 0.818. The zero-order chi connectivity index (χ0) is 20.1. The summed E-state index contributed by atoms with van der Waals surface area (Å²) in [6, 6.07) is 6.88. The molecule has 0 saturated carbocycles. The van der Waals surface area contributed by atoms with Gasteiger partial charge in [-0.1, -0.05) is 0 Å². The van der Waals surface area contributed by atoms with Crippen LogP contribution in [0.3, 0.4) is 0 Å². The summed E-state index contributed by atoms with van der Waals surface area (Å²) in [5.74, 6) is 1.41. The molecule has 3 rings (SSSR count). The minimum Gasteiger partial charge on any atom is -0.497 e. The van der Waals surface area contributed by atoms with E-state index in [-0.39, 0.29) is 17.4 Å². The van der Waals surface area contributed by atoms with E-state index < -0.39 is 0 Å². The first-order valence-electron chi connectivity index (χ1n) is 9.29. The number of aromatic nitrogens is 2. The van der Waals surface area contributed by atoms with Gasteiger partial charge in [0.25, 0.3) is 5.56 Å². The average Bonchev–Trinajstić information content (AvgIpc) is 2.69. The highest BCUT2D eigenvalue weighted by Crippen LogP contribution is 2.27. The lowest BCUT2D eigenvalue weighted by atomic mass is 9.94. The monoisotopic (exact) mass is 386 g/mol. The summed E-state index contributed by atoms with van der Waals surface area (Å²) in [5, 5.41) is 7.01. The molecule has 1 fully saturated rings. The van der Waals surface area contributed by atoms with Crippen molar-refractivity contribution in [2.45, 2.75) is 19.3 Å². The molecule has 0 spiro atoms. The lowest BCUT2D eigenvalue weighted by Crippen LogP contribution is -2.37. The minimum atomic E-state index is -0.135. The summed E-state index contributed by atoms with van der Waals surface area (Å²) < 4.78 is 11.8. The molecule has 2 aromatic rings. The van der Waals surface area contributed by atoms with Crippen molar-refractivity contribution in [3.8, 4) is 11.5 Å². The average molecular weight is 386 g/mol. The Morgan fingerprint density at radius 3 is 2.57 bits per heavy atom. The van der Waals surface area contributed by atoms with Crippen molar-refractivity contribution < 1.29 is 14.3 Å². The number of nitrogens with zero attached hydrogens (tertiary/aromatic N) is 3. The summed E-state index contributed by atoms with van der Waals surface area (Å²) in [4.78, 5) is 26.5. The largest absolute Gasteiger partial charge is 0.497 e. The Morgan fingerprint density at radius 1 is 1.21 bits per heavy atom. The molecule has 0 bridgehead atoms.